The normalized spacial score (nSPS) is 15.0. The maximum absolute atomic E-state index is 13.1. The molecule has 0 saturated carbocycles. The minimum atomic E-state index is 0.139. The van der Waals surface area contributed by atoms with Gasteiger partial charge in [0.2, 0.25) is 0 Å². The molecule has 3 aromatic carbocycles. The molecule has 1 heteroatoms. The Morgan fingerprint density at radius 1 is 0.636 bits per heavy atom. The third-order valence-corrected chi connectivity index (χ3v) is 4.57. The number of carbonyl (C=O) groups excluding carboxylic acids is 1. The summed E-state index contributed by atoms with van der Waals surface area (Å²) in [5, 5.41) is 2.15. The predicted molar refractivity (Wildman–Crippen MR) is 90.6 cm³/mol. The van der Waals surface area contributed by atoms with Gasteiger partial charge in [0.05, 0.1) is 0 Å². The average molecular weight is 280 g/mol. The van der Waals surface area contributed by atoms with Crippen molar-refractivity contribution < 1.29 is 4.79 Å². The lowest BCUT2D eigenvalue weighted by molar-refractivity contribution is 0.104. The Kier molecular flexibility index (Phi) is 2.15. The number of allylic oxidation sites excluding steroid dienone is 2. The summed E-state index contributed by atoms with van der Waals surface area (Å²) in [5.41, 5.74) is 6.03. The van der Waals surface area contributed by atoms with E-state index in [-0.39, 0.29) is 5.78 Å². The maximum atomic E-state index is 13.1. The van der Waals surface area contributed by atoms with E-state index in [1.54, 1.807) is 0 Å². The largest absolute Gasteiger partial charge is 0.289 e. The summed E-state index contributed by atoms with van der Waals surface area (Å²) in [6.07, 6.45) is 4.18. The maximum Gasteiger partial charge on any atom is 0.194 e. The number of Topliss-reactive ketones (excluding diaryl/α,β-unsaturated/α-hetero) is 1. The lowest BCUT2D eigenvalue weighted by Crippen LogP contribution is -2.10. The molecule has 0 aromatic heterocycles. The smallest absolute Gasteiger partial charge is 0.194 e. The average Bonchev–Trinajstić information content (AvgIpc) is 2.94. The molecule has 0 bridgehead atoms. The van der Waals surface area contributed by atoms with E-state index in [0.717, 1.165) is 44.2 Å². The molecule has 0 fully saturated rings. The molecule has 2 aliphatic rings. The van der Waals surface area contributed by atoms with E-state index >= 15 is 0 Å². The summed E-state index contributed by atoms with van der Waals surface area (Å²) < 4.78 is 0. The summed E-state index contributed by atoms with van der Waals surface area (Å²) in [4.78, 5) is 13.1. The van der Waals surface area contributed by atoms with E-state index in [1.807, 2.05) is 36.4 Å². The molecule has 0 saturated heterocycles. The first-order chi connectivity index (χ1) is 10.8. The van der Waals surface area contributed by atoms with Crippen LogP contribution in [0.2, 0.25) is 0 Å². The molecule has 0 N–H and O–H groups in total. The Bertz CT molecular complexity index is 1030. The minimum Gasteiger partial charge on any atom is -0.289 e. The van der Waals surface area contributed by atoms with Gasteiger partial charge in [-0.05, 0) is 45.2 Å². The molecule has 0 amide bonds. The lowest BCUT2D eigenvalue weighted by atomic mass is 9.84. The van der Waals surface area contributed by atoms with E-state index in [2.05, 4.69) is 36.4 Å². The molecule has 0 aliphatic heterocycles. The van der Waals surface area contributed by atoms with Crippen LogP contribution in [-0.2, 0) is 0 Å². The second-order valence-corrected chi connectivity index (χ2v) is 5.78. The van der Waals surface area contributed by atoms with Crippen LogP contribution in [0.4, 0.5) is 0 Å². The summed E-state index contributed by atoms with van der Waals surface area (Å²) in [5.74, 6) is 0.139. The second kappa shape index (κ2) is 4.05. The number of benzene rings is 3. The van der Waals surface area contributed by atoms with Gasteiger partial charge >= 0.3 is 0 Å². The van der Waals surface area contributed by atoms with Gasteiger partial charge in [0.15, 0.2) is 5.78 Å². The van der Waals surface area contributed by atoms with Crippen LogP contribution in [-0.4, -0.2) is 5.78 Å². The third-order valence-electron chi connectivity index (χ3n) is 4.57. The van der Waals surface area contributed by atoms with Crippen molar-refractivity contribution in [2.24, 2.45) is 0 Å². The Morgan fingerprint density at radius 2 is 1.41 bits per heavy atom. The third kappa shape index (κ3) is 1.40. The molecule has 3 aromatic rings. The molecule has 0 heterocycles. The molecule has 0 atom stereocenters. The first kappa shape index (κ1) is 11.7. The van der Waals surface area contributed by atoms with Crippen molar-refractivity contribution in [3.8, 4) is 0 Å². The van der Waals surface area contributed by atoms with Gasteiger partial charge < -0.3 is 0 Å². The van der Waals surface area contributed by atoms with E-state index in [0.29, 0.717) is 0 Å². The van der Waals surface area contributed by atoms with Crippen LogP contribution in [0.15, 0.2) is 66.2 Å². The van der Waals surface area contributed by atoms with Gasteiger partial charge in [-0.15, -0.1) is 0 Å². The highest BCUT2D eigenvalue weighted by molar-refractivity contribution is 6.33. The summed E-state index contributed by atoms with van der Waals surface area (Å²) in [6, 6.07) is 20.4. The van der Waals surface area contributed by atoms with Crippen LogP contribution >= 0.6 is 0 Å². The molecule has 0 unspecified atom stereocenters. The molecule has 0 spiro atoms. The molecular formula is C21H12O. The number of hydrogen-bond acceptors (Lipinski definition) is 1. The Labute approximate surface area is 128 Å². The first-order valence-corrected chi connectivity index (χ1v) is 7.42. The van der Waals surface area contributed by atoms with Crippen molar-refractivity contribution in [3.63, 3.8) is 0 Å². The summed E-state index contributed by atoms with van der Waals surface area (Å²) in [7, 11) is 0. The highest BCUT2D eigenvalue weighted by atomic mass is 16.1. The van der Waals surface area contributed by atoms with Crippen LogP contribution in [0.1, 0.15) is 27.0 Å². The summed E-state index contributed by atoms with van der Waals surface area (Å²) >= 11 is 0. The van der Waals surface area contributed by atoms with Crippen LogP contribution in [0.25, 0.3) is 28.5 Å². The lowest BCUT2D eigenvalue weighted by Gasteiger charge is -2.17. The van der Waals surface area contributed by atoms with E-state index in [1.165, 1.54) is 0 Å². The number of ketones is 1. The fourth-order valence-corrected chi connectivity index (χ4v) is 3.54. The Hall–Kier alpha value is -2.93. The number of hydrogen-bond donors (Lipinski definition) is 0. The Morgan fingerprint density at radius 3 is 2.36 bits per heavy atom. The van der Waals surface area contributed by atoms with Gasteiger partial charge in [-0.3, -0.25) is 4.79 Å². The van der Waals surface area contributed by atoms with Gasteiger partial charge in [0.1, 0.15) is 0 Å². The van der Waals surface area contributed by atoms with E-state index < -0.39 is 0 Å². The molecule has 2 aliphatic carbocycles. The van der Waals surface area contributed by atoms with Crippen molar-refractivity contribution >= 4 is 34.3 Å². The van der Waals surface area contributed by atoms with Crippen LogP contribution in [0, 0.1) is 0 Å². The standard InChI is InChI=1S/C21H12O/c22-21-19-11-14-6-2-3-7-16(14)18(19)12-15-10-9-13-5-1-4-8-17(13)20(15)21/h1-12H. The molecule has 0 radical (unpaired) electrons. The van der Waals surface area contributed by atoms with Gasteiger partial charge in [-0.2, -0.15) is 0 Å². The number of fused-ring (bicyclic) bond motifs is 6. The number of rotatable bonds is 0. The van der Waals surface area contributed by atoms with Crippen molar-refractivity contribution in [3.05, 3.63) is 88.5 Å². The zero-order valence-corrected chi connectivity index (χ0v) is 11.8. The molecule has 22 heavy (non-hydrogen) atoms. The van der Waals surface area contributed by atoms with Crippen molar-refractivity contribution in [2.45, 2.75) is 0 Å². The SMILES string of the molecule is O=C1C2=Cc3ccccc3C2=Cc2ccc3ccccc3c21. The van der Waals surface area contributed by atoms with Crippen LogP contribution < -0.4 is 0 Å². The van der Waals surface area contributed by atoms with Gasteiger partial charge in [0, 0.05) is 11.1 Å². The van der Waals surface area contributed by atoms with Crippen LogP contribution in [0.5, 0.6) is 0 Å². The van der Waals surface area contributed by atoms with E-state index in [9.17, 15) is 4.79 Å². The zero-order chi connectivity index (χ0) is 14.7. The first-order valence-electron chi connectivity index (χ1n) is 7.42. The van der Waals surface area contributed by atoms with E-state index in [4.69, 9.17) is 0 Å². The highest BCUT2D eigenvalue weighted by Gasteiger charge is 2.30. The van der Waals surface area contributed by atoms with Gasteiger partial charge in [-0.25, -0.2) is 0 Å². The molecular weight excluding hydrogens is 268 g/mol. The quantitative estimate of drug-likeness (QED) is 0.568. The fraction of sp³-hybridized carbons (Fsp3) is 0. The fourth-order valence-electron chi connectivity index (χ4n) is 3.54. The van der Waals surface area contributed by atoms with Gasteiger partial charge in [0.25, 0.3) is 0 Å². The number of carbonyl (C=O) groups is 1. The molecule has 1 nitrogen and oxygen atoms in total. The molecule has 102 valence electrons. The zero-order valence-electron chi connectivity index (χ0n) is 11.8. The topological polar surface area (TPSA) is 17.1 Å². The Balaban J connectivity index is 1.87. The van der Waals surface area contributed by atoms with Crippen molar-refractivity contribution in [1.82, 2.24) is 0 Å². The van der Waals surface area contributed by atoms with Gasteiger partial charge in [-0.1, -0.05) is 60.7 Å². The highest BCUT2D eigenvalue weighted by Crippen LogP contribution is 2.43. The van der Waals surface area contributed by atoms with Crippen molar-refractivity contribution in [1.29, 1.82) is 0 Å². The second-order valence-electron chi connectivity index (χ2n) is 5.78. The minimum absolute atomic E-state index is 0.139. The van der Waals surface area contributed by atoms with Crippen LogP contribution in [0.3, 0.4) is 0 Å². The monoisotopic (exact) mass is 280 g/mol. The predicted octanol–water partition coefficient (Wildman–Crippen LogP) is 4.97. The molecule has 5 rings (SSSR count). The van der Waals surface area contributed by atoms with Crippen molar-refractivity contribution in [2.75, 3.05) is 0 Å². The summed E-state index contributed by atoms with van der Waals surface area (Å²) in [6.45, 7) is 0.